The number of halogens is 1. The summed E-state index contributed by atoms with van der Waals surface area (Å²) in [7, 11) is -9.43. The van der Waals surface area contributed by atoms with Gasteiger partial charge in [-0.15, -0.1) is 0 Å². The quantitative estimate of drug-likeness (QED) is 0.377. The van der Waals surface area contributed by atoms with Crippen LogP contribution in [0.1, 0.15) is 5.56 Å². The maximum absolute atomic E-state index is 13.6. The third-order valence-corrected chi connectivity index (χ3v) is 9.27. The van der Waals surface area contributed by atoms with E-state index in [1.807, 2.05) is 0 Å². The zero-order valence-corrected chi connectivity index (χ0v) is 18.6. The number of nitro benzene ring substituents is 1. The van der Waals surface area contributed by atoms with Crippen molar-refractivity contribution in [3.8, 4) is 5.75 Å². The van der Waals surface area contributed by atoms with Crippen LogP contribution in [0.2, 0.25) is 5.02 Å². The van der Waals surface area contributed by atoms with E-state index in [4.69, 9.17) is 16.3 Å². The lowest BCUT2D eigenvalue weighted by Crippen LogP contribution is -2.37. The molecule has 0 spiro atoms. The highest BCUT2D eigenvalue weighted by molar-refractivity contribution is 8.10. The Balaban J connectivity index is 1.92. The SMILES string of the molecule is O=[N+]([O-])c1cc(S(=O)(=O)N(c2ccccc2)S(=O)(=O)c2ccc3c(c2)CCO3)ccc1Cl. The fraction of sp³-hybridized carbons (Fsp3) is 0.100. The zero-order chi connectivity index (χ0) is 23.1. The van der Waals surface area contributed by atoms with Gasteiger partial charge in [-0.1, -0.05) is 29.8 Å². The molecule has 1 aliphatic heterocycles. The number of nitro groups is 1. The first-order valence-corrected chi connectivity index (χ1v) is 12.4. The molecule has 0 atom stereocenters. The van der Waals surface area contributed by atoms with Gasteiger partial charge in [0.1, 0.15) is 10.8 Å². The minimum atomic E-state index is -4.80. The molecule has 1 aliphatic rings. The van der Waals surface area contributed by atoms with Crippen LogP contribution in [0.4, 0.5) is 11.4 Å². The summed E-state index contributed by atoms with van der Waals surface area (Å²) in [4.78, 5) is 9.56. The van der Waals surface area contributed by atoms with Crippen molar-refractivity contribution in [2.75, 3.05) is 10.3 Å². The Labute approximate surface area is 189 Å². The van der Waals surface area contributed by atoms with E-state index in [0.29, 0.717) is 24.3 Å². The lowest BCUT2D eigenvalue weighted by atomic mass is 10.2. The maximum Gasteiger partial charge on any atom is 0.289 e. The second-order valence-corrected chi connectivity index (χ2v) is 11.0. The smallest absolute Gasteiger partial charge is 0.289 e. The molecule has 0 bridgehead atoms. The second-order valence-electron chi connectivity index (χ2n) is 6.78. The van der Waals surface area contributed by atoms with Crippen molar-refractivity contribution in [2.24, 2.45) is 0 Å². The summed E-state index contributed by atoms with van der Waals surface area (Å²) in [6.07, 6.45) is 0.486. The molecule has 0 radical (unpaired) electrons. The summed E-state index contributed by atoms with van der Waals surface area (Å²) in [6, 6.07) is 14.1. The summed E-state index contributed by atoms with van der Waals surface area (Å²) in [5.41, 5.74) is -0.173. The zero-order valence-electron chi connectivity index (χ0n) is 16.2. The van der Waals surface area contributed by atoms with Gasteiger partial charge in [0.15, 0.2) is 0 Å². The largest absolute Gasteiger partial charge is 0.493 e. The highest BCUT2D eigenvalue weighted by atomic mass is 35.5. The molecule has 0 saturated heterocycles. The first-order valence-electron chi connectivity index (χ1n) is 9.17. The Morgan fingerprint density at radius 2 is 1.53 bits per heavy atom. The summed E-state index contributed by atoms with van der Waals surface area (Å²) < 4.78 is 59.9. The molecule has 0 aliphatic carbocycles. The van der Waals surface area contributed by atoms with E-state index < -0.39 is 35.6 Å². The first kappa shape index (κ1) is 22.1. The number of sulfonamides is 2. The predicted molar refractivity (Wildman–Crippen MR) is 117 cm³/mol. The van der Waals surface area contributed by atoms with E-state index in [-0.39, 0.29) is 19.3 Å². The van der Waals surface area contributed by atoms with Crippen LogP contribution >= 0.6 is 11.6 Å². The third kappa shape index (κ3) is 3.78. The number of rotatable bonds is 6. The van der Waals surface area contributed by atoms with Crippen molar-refractivity contribution in [2.45, 2.75) is 16.2 Å². The molecule has 0 fully saturated rings. The molecular weight excluding hydrogens is 480 g/mol. The fourth-order valence-electron chi connectivity index (χ4n) is 3.26. The molecule has 0 amide bonds. The molecule has 4 rings (SSSR count). The summed E-state index contributed by atoms with van der Waals surface area (Å²) in [6.45, 7) is 0.397. The van der Waals surface area contributed by atoms with Gasteiger partial charge in [0.25, 0.3) is 25.7 Å². The molecule has 3 aromatic rings. The molecule has 1 heterocycles. The van der Waals surface area contributed by atoms with Gasteiger partial charge in [0.2, 0.25) is 0 Å². The normalized spacial score (nSPS) is 13.3. The van der Waals surface area contributed by atoms with Gasteiger partial charge in [0.05, 0.1) is 27.0 Å². The van der Waals surface area contributed by atoms with Crippen LogP contribution in [0, 0.1) is 10.1 Å². The van der Waals surface area contributed by atoms with Crippen LogP contribution in [0.25, 0.3) is 0 Å². The van der Waals surface area contributed by atoms with E-state index in [1.54, 1.807) is 6.07 Å². The van der Waals surface area contributed by atoms with Gasteiger partial charge in [-0.05, 0) is 48.0 Å². The van der Waals surface area contributed by atoms with Crippen molar-refractivity contribution in [1.82, 2.24) is 0 Å². The molecule has 166 valence electrons. The molecule has 32 heavy (non-hydrogen) atoms. The minimum absolute atomic E-state index is 0.151. The average Bonchev–Trinajstić information content (AvgIpc) is 3.22. The summed E-state index contributed by atoms with van der Waals surface area (Å²) in [5.74, 6) is 0.534. The van der Waals surface area contributed by atoms with Gasteiger partial charge in [0, 0.05) is 12.5 Å². The Bertz CT molecular complexity index is 1430. The van der Waals surface area contributed by atoms with Crippen molar-refractivity contribution in [3.63, 3.8) is 0 Å². The lowest BCUT2D eigenvalue weighted by Gasteiger charge is -2.24. The van der Waals surface area contributed by atoms with E-state index in [0.717, 1.165) is 18.2 Å². The molecular formula is C20H15ClN2O7S2. The molecule has 0 unspecified atom stereocenters. The number of benzene rings is 3. The van der Waals surface area contributed by atoms with Crippen molar-refractivity contribution >= 4 is 43.0 Å². The van der Waals surface area contributed by atoms with Crippen LogP contribution in [0.15, 0.2) is 76.5 Å². The summed E-state index contributed by atoms with van der Waals surface area (Å²) in [5, 5.41) is 11.0. The number of hydrogen-bond acceptors (Lipinski definition) is 7. The maximum atomic E-state index is 13.6. The number of nitrogens with zero attached hydrogens (tertiary/aromatic N) is 2. The van der Waals surface area contributed by atoms with Crippen molar-refractivity contribution in [1.29, 1.82) is 0 Å². The molecule has 9 nitrogen and oxygen atoms in total. The minimum Gasteiger partial charge on any atom is -0.493 e. The fourth-order valence-corrected chi connectivity index (χ4v) is 7.21. The number of hydrogen-bond donors (Lipinski definition) is 0. The van der Waals surface area contributed by atoms with Crippen LogP contribution in [0.3, 0.4) is 0 Å². The number of ether oxygens (including phenoxy) is 1. The average molecular weight is 495 g/mol. The van der Waals surface area contributed by atoms with Crippen molar-refractivity contribution < 1.29 is 26.5 Å². The molecule has 0 N–H and O–H groups in total. The Kier molecular flexibility index (Phi) is 5.57. The Hall–Kier alpha value is -3.15. The van der Waals surface area contributed by atoms with Gasteiger partial charge < -0.3 is 4.74 Å². The van der Waals surface area contributed by atoms with Crippen LogP contribution in [0.5, 0.6) is 5.75 Å². The Morgan fingerprint density at radius 3 is 2.19 bits per heavy atom. The topological polar surface area (TPSA) is 124 Å². The predicted octanol–water partition coefficient (Wildman–Crippen LogP) is 3.77. The van der Waals surface area contributed by atoms with Crippen LogP contribution in [-0.2, 0) is 26.5 Å². The molecule has 0 aromatic heterocycles. The lowest BCUT2D eigenvalue weighted by molar-refractivity contribution is -0.384. The van der Waals surface area contributed by atoms with E-state index in [2.05, 4.69) is 0 Å². The highest BCUT2D eigenvalue weighted by Gasteiger charge is 2.38. The van der Waals surface area contributed by atoms with E-state index in [9.17, 15) is 26.9 Å². The number of fused-ring (bicyclic) bond motifs is 1. The summed E-state index contributed by atoms with van der Waals surface area (Å²) >= 11 is 5.80. The van der Waals surface area contributed by atoms with Gasteiger partial charge in [-0.3, -0.25) is 10.1 Å². The monoisotopic (exact) mass is 494 g/mol. The highest BCUT2D eigenvalue weighted by Crippen LogP contribution is 2.35. The Morgan fingerprint density at radius 1 is 0.906 bits per heavy atom. The molecule has 12 heteroatoms. The standard InChI is InChI=1S/C20H15ClN2O7S2/c21-18-8-6-17(13-19(18)22(24)25)32(28,29)23(15-4-2-1-3-5-15)31(26,27)16-7-9-20-14(12-16)10-11-30-20/h1-9,12-13H,10-11H2. The second kappa shape index (κ2) is 8.08. The van der Waals surface area contributed by atoms with Crippen LogP contribution in [-0.4, -0.2) is 28.4 Å². The van der Waals surface area contributed by atoms with E-state index >= 15 is 0 Å². The number of para-hydroxylation sites is 1. The van der Waals surface area contributed by atoms with Crippen molar-refractivity contribution in [3.05, 3.63) is 87.4 Å². The first-order chi connectivity index (χ1) is 15.1. The van der Waals surface area contributed by atoms with Gasteiger partial charge in [-0.2, -0.15) is 3.71 Å². The molecule has 3 aromatic carbocycles. The van der Waals surface area contributed by atoms with E-state index in [1.165, 1.54) is 42.5 Å². The molecule has 0 saturated carbocycles. The number of anilines is 1. The third-order valence-electron chi connectivity index (χ3n) is 4.77. The van der Waals surface area contributed by atoms with Gasteiger partial charge >= 0.3 is 0 Å². The van der Waals surface area contributed by atoms with Gasteiger partial charge in [-0.25, -0.2) is 16.8 Å². The van der Waals surface area contributed by atoms with Crippen LogP contribution < -0.4 is 8.45 Å².